The zero-order valence-electron chi connectivity index (χ0n) is 14.7. The van der Waals surface area contributed by atoms with E-state index in [2.05, 4.69) is 21.9 Å². The van der Waals surface area contributed by atoms with Gasteiger partial charge in [0.2, 0.25) is 0 Å². The van der Waals surface area contributed by atoms with Gasteiger partial charge in [-0.2, -0.15) is 5.10 Å². The monoisotopic (exact) mass is 386 g/mol. The first kappa shape index (κ1) is 18.6. The molecule has 0 amide bonds. The molecule has 0 aliphatic rings. The van der Waals surface area contributed by atoms with Crippen molar-refractivity contribution in [2.75, 3.05) is 6.61 Å². The zero-order chi connectivity index (χ0) is 19.2. The minimum absolute atomic E-state index is 0.0468. The number of aromatic nitrogens is 5. The van der Waals surface area contributed by atoms with Gasteiger partial charge in [-0.05, 0) is 19.1 Å². The summed E-state index contributed by atoms with van der Waals surface area (Å²) in [6.45, 7) is 6.79. The van der Waals surface area contributed by atoms with E-state index in [9.17, 15) is 10.1 Å². The molecular weight excluding hydrogens is 368 g/mol. The van der Waals surface area contributed by atoms with E-state index in [1.54, 1.807) is 6.08 Å². The first-order chi connectivity index (χ1) is 13.1. The van der Waals surface area contributed by atoms with Gasteiger partial charge in [0.15, 0.2) is 11.0 Å². The highest BCUT2D eigenvalue weighted by atomic mass is 32.2. The van der Waals surface area contributed by atoms with Crippen molar-refractivity contribution in [2.24, 2.45) is 0 Å². The number of thioether (sulfide) groups is 1. The molecule has 3 rings (SSSR count). The van der Waals surface area contributed by atoms with Gasteiger partial charge < -0.3 is 4.74 Å². The third kappa shape index (κ3) is 4.17. The van der Waals surface area contributed by atoms with Gasteiger partial charge in [0, 0.05) is 6.54 Å². The highest BCUT2D eigenvalue weighted by Crippen LogP contribution is 2.31. The predicted octanol–water partition coefficient (Wildman–Crippen LogP) is 3.38. The summed E-state index contributed by atoms with van der Waals surface area (Å²) < 4.78 is 9.11. The van der Waals surface area contributed by atoms with Gasteiger partial charge in [0.05, 0.1) is 23.0 Å². The number of hydrogen-bond acceptors (Lipinski definition) is 7. The Hall–Kier alpha value is -3.14. The average molecular weight is 386 g/mol. The second kappa shape index (κ2) is 8.49. The molecule has 0 radical (unpaired) electrons. The molecule has 0 atom stereocenters. The molecule has 0 fully saturated rings. The summed E-state index contributed by atoms with van der Waals surface area (Å²) in [7, 11) is 0. The van der Waals surface area contributed by atoms with Crippen LogP contribution in [0.1, 0.15) is 6.92 Å². The molecule has 0 aliphatic carbocycles. The highest BCUT2D eigenvalue weighted by molar-refractivity contribution is 7.98. The lowest BCUT2D eigenvalue weighted by atomic mass is 10.2. The highest BCUT2D eigenvalue weighted by Gasteiger charge is 2.17. The van der Waals surface area contributed by atoms with Crippen molar-refractivity contribution in [2.45, 2.75) is 24.5 Å². The van der Waals surface area contributed by atoms with Crippen molar-refractivity contribution in [3.05, 3.63) is 59.4 Å². The maximum absolute atomic E-state index is 10.8. The van der Waals surface area contributed by atoms with Crippen molar-refractivity contribution >= 4 is 17.4 Å². The van der Waals surface area contributed by atoms with Crippen molar-refractivity contribution in [1.82, 2.24) is 24.5 Å². The van der Waals surface area contributed by atoms with Gasteiger partial charge in [0.1, 0.15) is 18.1 Å². The van der Waals surface area contributed by atoms with Crippen LogP contribution in [0.3, 0.4) is 0 Å². The number of allylic oxidation sites excluding steroid dienone is 1. The van der Waals surface area contributed by atoms with Crippen molar-refractivity contribution < 1.29 is 9.66 Å². The fourth-order valence-electron chi connectivity index (χ4n) is 2.46. The molecule has 0 saturated heterocycles. The van der Waals surface area contributed by atoms with Crippen LogP contribution in [0, 0.1) is 10.1 Å². The van der Waals surface area contributed by atoms with Crippen molar-refractivity contribution in [3.63, 3.8) is 0 Å². The van der Waals surface area contributed by atoms with E-state index in [1.165, 1.54) is 28.8 Å². The van der Waals surface area contributed by atoms with Crippen LogP contribution >= 0.6 is 11.8 Å². The average Bonchev–Trinajstić information content (AvgIpc) is 3.28. The number of rotatable bonds is 9. The van der Waals surface area contributed by atoms with Gasteiger partial charge in [-0.3, -0.25) is 19.4 Å². The lowest BCUT2D eigenvalue weighted by Gasteiger charge is -2.11. The third-order valence-corrected chi connectivity index (χ3v) is 4.57. The van der Waals surface area contributed by atoms with Crippen molar-refractivity contribution in [1.29, 1.82) is 0 Å². The summed E-state index contributed by atoms with van der Waals surface area (Å²) in [5, 5.41) is 24.0. The number of hydrogen-bond donors (Lipinski definition) is 0. The van der Waals surface area contributed by atoms with Gasteiger partial charge in [0.25, 0.3) is 0 Å². The molecule has 27 heavy (non-hydrogen) atoms. The number of benzene rings is 1. The first-order valence-electron chi connectivity index (χ1n) is 8.20. The quantitative estimate of drug-likeness (QED) is 0.240. The van der Waals surface area contributed by atoms with Crippen LogP contribution in [0.5, 0.6) is 5.75 Å². The summed E-state index contributed by atoms with van der Waals surface area (Å²) in [6, 6.07) is 7.64. The minimum Gasteiger partial charge on any atom is -0.493 e. The Morgan fingerprint density at radius 2 is 2.19 bits per heavy atom. The minimum atomic E-state index is -0.475. The molecule has 0 spiro atoms. The number of ether oxygens (including phenoxy) is 1. The van der Waals surface area contributed by atoms with Gasteiger partial charge >= 0.3 is 5.69 Å². The van der Waals surface area contributed by atoms with Gasteiger partial charge in [-0.15, -0.1) is 16.8 Å². The Morgan fingerprint density at radius 3 is 2.89 bits per heavy atom. The molecule has 0 N–H and O–H groups in total. The van der Waals surface area contributed by atoms with Crippen LogP contribution in [0.25, 0.3) is 11.4 Å². The van der Waals surface area contributed by atoms with E-state index in [-0.39, 0.29) is 5.69 Å². The third-order valence-electron chi connectivity index (χ3n) is 3.61. The Labute approximate surface area is 159 Å². The maximum atomic E-state index is 10.8. The fraction of sp³-hybridized carbons (Fsp3) is 0.235. The molecule has 9 nitrogen and oxygen atoms in total. The number of nitrogens with zero attached hydrogens (tertiary/aromatic N) is 6. The second-order valence-corrected chi connectivity index (χ2v) is 6.32. The van der Waals surface area contributed by atoms with Crippen LogP contribution in [0.2, 0.25) is 0 Å². The molecule has 0 unspecified atom stereocenters. The summed E-state index contributed by atoms with van der Waals surface area (Å²) in [5.41, 5.74) is 0.796. The molecule has 2 aromatic heterocycles. The van der Waals surface area contributed by atoms with Crippen LogP contribution in [0.4, 0.5) is 5.69 Å². The van der Waals surface area contributed by atoms with E-state index in [4.69, 9.17) is 4.74 Å². The maximum Gasteiger partial charge on any atom is 0.307 e. The molecule has 2 heterocycles. The summed E-state index contributed by atoms with van der Waals surface area (Å²) in [5.74, 6) is 1.78. The van der Waals surface area contributed by atoms with Crippen LogP contribution in [0.15, 0.2) is 54.5 Å². The summed E-state index contributed by atoms with van der Waals surface area (Å²) in [4.78, 5) is 10.3. The fourth-order valence-corrected chi connectivity index (χ4v) is 3.27. The standard InChI is InChI=1S/C17H18N6O3S/c1-3-9-22-16(14-7-5-6-8-15(14)26-4-2)19-20-17(22)27-12-21-11-13(10-18-21)23(24)25/h3,5-8,10-11H,1,4,9,12H2,2H3. The molecule has 1 aromatic carbocycles. The van der Waals surface area contributed by atoms with Gasteiger partial charge in [-0.1, -0.05) is 30.0 Å². The Bertz CT molecular complexity index is 952. The largest absolute Gasteiger partial charge is 0.493 e. The SMILES string of the molecule is C=CCn1c(SCn2cc([N+](=O)[O-])cn2)nnc1-c1ccccc1OCC. The number of nitro groups is 1. The molecule has 10 heteroatoms. The smallest absolute Gasteiger partial charge is 0.307 e. The molecular formula is C17H18N6O3S. The van der Waals surface area contributed by atoms with Crippen LogP contribution < -0.4 is 4.74 Å². The lowest BCUT2D eigenvalue weighted by Crippen LogP contribution is -2.03. The number of para-hydroxylation sites is 1. The van der Waals surface area contributed by atoms with E-state index in [0.717, 1.165) is 11.3 Å². The molecule has 0 bridgehead atoms. The molecule has 0 aliphatic heterocycles. The second-order valence-electron chi connectivity index (χ2n) is 5.40. The van der Waals surface area contributed by atoms with Gasteiger partial charge in [-0.25, -0.2) is 0 Å². The van der Waals surface area contributed by atoms with Crippen molar-refractivity contribution in [3.8, 4) is 17.1 Å². The lowest BCUT2D eigenvalue weighted by molar-refractivity contribution is -0.385. The summed E-state index contributed by atoms with van der Waals surface area (Å²) in [6.07, 6.45) is 4.37. The Kier molecular flexibility index (Phi) is 5.87. The topological polar surface area (TPSA) is 101 Å². The molecule has 3 aromatic rings. The summed E-state index contributed by atoms with van der Waals surface area (Å²) >= 11 is 1.38. The van der Waals surface area contributed by atoms with E-state index < -0.39 is 4.92 Å². The Morgan fingerprint density at radius 1 is 1.37 bits per heavy atom. The molecule has 0 saturated carbocycles. The first-order valence-corrected chi connectivity index (χ1v) is 9.18. The normalized spacial score (nSPS) is 10.7. The zero-order valence-corrected chi connectivity index (χ0v) is 15.5. The van der Waals surface area contributed by atoms with E-state index in [0.29, 0.717) is 30.0 Å². The predicted molar refractivity (Wildman–Crippen MR) is 102 cm³/mol. The van der Waals surface area contributed by atoms with E-state index >= 15 is 0 Å². The van der Waals surface area contributed by atoms with E-state index in [1.807, 2.05) is 35.8 Å². The Balaban J connectivity index is 1.87. The van der Waals surface area contributed by atoms with Crippen LogP contribution in [-0.4, -0.2) is 36.1 Å². The molecule has 140 valence electrons. The van der Waals surface area contributed by atoms with Crippen LogP contribution in [-0.2, 0) is 12.4 Å².